The van der Waals surface area contributed by atoms with Crippen molar-refractivity contribution in [3.8, 4) is 0 Å². The van der Waals surface area contributed by atoms with Gasteiger partial charge in [-0.25, -0.2) is 0 Å². The first kappa shape index (κ1) is 13.6. The van der Waals surface area contributed by atoms with Crippen LogP contribution in [-0.2, 0) is 18.4 Å². The van der Waals surface area contributed by atoms with Gasteiger partial charge in [-0.1, -0.05) is 27.0 Å². The van der Waals surface area contributed by atoms with Gasteiger partial charge in [0.05, 0.1) is 0 Å². The maximum Gasteiger partial charge on any atom is 0.518 e. The van der Waals surface area contributed by atoms with Gasteiger partial charge in [0.1, 0.15) is 0 Å². The fourth-order valence-corrected chi connectivity index (χ4v) is 2.31. The van der Waals surface area contributed by atoms with Crippen molar-refractivity contribution in [2.24, 2.45) is 0 Å². The molecule has 0 aromatic heterocycles. The summed E-state index contributed by atoms with van der Waals surface area (Å²) in [6, 6.07) is 0. The molecule has 0 atom stereocenters. The molecule has 5 heteroatoms. The van der Waals surface area contributed by atoms with Crippen molar-refractivity contribution in [3.05, 3.63) is 24.6 Å². The lowest BCUT2D eigenvalue weighted by Crippen LogP contribution is -2.42. The average molecular weight is 228 g/mol. The molecule has 4 nitrogen and oxygen atoms in total. The second-order valence-electron chi connectivity index (χ2n) is 2.78. The molecule has 0 rings (SSSR count). The second kappa shape index (κ2) is 6.18. The molecule has 0 amide bonds. The highest BCUT2D eigenvalue weighted by atomic mass is 28.4. The van der Waals surface area contributed by atoms with Crippen LogP contribution in [0.4, 0.5) is 0 Å². The summed E-state index contributed by atoms with van der Waals surface area (Å²) < 4.78 is 10.2. The van der Waals surface area contributed by atoms with Crippen LogP contribution in [0.3, 0.4) is 0 Å². The van der Waals surface area contributed by atoms with Crippen molar-refractivity contribution in [1.82, 2.24) is 0 Å². The van der Waals surface area contributed by atoms with E-state index < -0.39 is 20.5 Å². The third-order valence-electron chi connectivity index (χ3n) is 1.69. The predicted molar refractivity (Wildman–Crippen MR) is 58.9 cm³/mol. The van der Waals surface area contributed by atoms with E-state index in [-0.39, 0.29) is 12.8 Å². The average Bonchev–Trinajstić information content (AvgIpc) is 2.27. The molecule has 0 N–H and O–H groups in total. The summed E-state index contributed by atoms with van der Waals surface area (Å²) in [6.45, 7) is 10.4. The van der Waals surface area contributed by atoms with Gasteiger partial charge in [-0.15, -0.1) is 0 Å². The SMILES string of the molecule is C=C[Si](C=C)(OC(=O)CC)OC(=O)CC. The Kier molecular flexibility index (Phi) is 5.62. The van der Waals surface area contributed by atoms with Crippen molar-refractivity contribution >= 4 is 20.5 Å². The summed E-state index contributed by atoms with van der Waals surface area (Å²) in [5.41, 5.74) is 2.72. The van der Waals surface area contributed by atoms with Crippen LogP contribution in [0.1, 0.15) is 26.7 Å². The monoisotopic (exact) mass is 228 g/mol. The number of carbonyl (C=O) groups is 2. The maximum absolute atomic E-state index is 11.1. The molecular weight excluding hydrogens is 212 g/mol. The molecule has 0 aliphatic heterocycles. The zero-order valence-electron chi connectivity index (χ0n) is 9.12. The molecule has 0 aliphatic carbocycles. The van der Waals surface area contributed by atoms with Crippen molar-refractivity contribution < 1.29 is 18.4 Å². The molecule has 0 saturated carbocycles. The largest absolute Gasteiger partial charge is 0.518 e. The van der Waals surface area contributed by atoms with Gasteiger partial charge in [0.15, 0.2) is 0 Å². The molecule has 0 aromatic rings. The molecule has 0 aromatic carbocycles. The van der Waals surface area contributed by atoms with Crippen molar-refractivity contribution in [2.45, 2.75) is 26.7 Å². The number of hydrogen-bond acceptors (Lipinski definition) is 4. The topological polar surface area (TPSA) is 52.6 Å². The lowest BCUT2D eigenvalue weighted by atomic mass is 10.5. The third-order valence-corrected chi connectivity index (χ3v) is 3.92. The van der Waals surface area contributed by atoms with Gasteiger partial charge in [-0.2, -0.15) is 0 Å². The molecule has 0 heterocycles. The minimum Gasteiger partial charge on any atom is -0.479 e. The molecular formula is C10H16O4Si. The number of rotatable bonds is 6. The quantitative estimate of drug-likeness (QED) is 0.650. The predicted octanol–water partition coefficient (Wildman–Crippen LogP) is 1.79. The van der Waals surface area contributed by atoms with E-state index in [0.29, 0.717) is 0 Å². The highest BCUT2D eigenvalue weighted by molar-refractivity contribution is 6.79. The van der Waals surface area contributed by atoms with E-state index in [2.05, 4.69) is 13.2 Å². The first-order valence-electron chi connectivity index (χ1n) is 4.74. The summed E-state index contributed by atoms with van der Waals surface area (Å²) in [7, 11) is -3.08. The van der Waals surface area contributed by atoms with Crippen molar-refractivity contribution in [1.29, 1.82) is 0 Å². The summed E-state index contributed by atoms with van der Waals surface area (Å²) >= 11 is 0. The van der Waals surface area contributed by atoms with Crippen molar-refractivity contribution in [3.63, 3.8) is 0 Å². The normalized spacial score (nSPS) is 10.3. The molecule has 15 heavy (non-hydrogen) atoms. The minimum atomic E-state index is -3.08. The zero-order chi connectivity index (χ0) is 11.9. The fraction of sp³-hybridized carbons (Fsp3) is 0.400. The standard InChI is InChI=1S/C10H16O4Si/c1-5-9(11)13-15(7-3,8-4)14-10(12)6-2/h7-8H,3-6H2,1-2H3. The van der Waals surface area contributed by atoms with E-state index >= 15 is 0 Å². The van der Waals surface area contributed by atoms with Gasteiger partial charge in [0.2, 0.25) is 0 Å². The first-order chi connectivity index (χ1) is 7.03. The molecule has 0 aliphatic rings. The number of carbonyl (C=O) groups excluding carboxylic acids is 2. The summed E-state index contributed by atoms with van der Waals surface area (Å²) in [6.07, 6.45) is 0.445. The van der Waals surface area contributed by atoms with Gasteiger partial charge >= 0.3 is 8.56 Å². The van der Waals surface area contributed by atoms with Crippen LogP contribution in [-0.4, -0.2) is 20.5 Å². The first-order valence-corrected chi connectivity index (χ1v) is 6.71. The van der Waals surface area contributed by atoms with Gasteiger partial charge < -0.3 is 8.85 Å². The van der Waals surface area contributed by atoms with Crippen LogP contribution in [0.25, 0.3) is 0 Å². The van der Waals surface area contributed by atoms with Crippen LogP contribution in [0, 0.1) is 0 Å². The molecule has 0 unspecified atom stereocenters. The third kappa shape index (κ3) is 4.12. The van der Waals surface area contributed by atoms with Gasteiger partial charge in [0.25, 0.3) is 11.9 Å². The van der Waals surface area contributed by atoms with Crippen LogP contribution < -0.4 is 0 Å². The van der Waals surface area contributed by atoms with Crippen LogP contribution >= 0.6 is 0 Å². The van der Waals surface area contributed by atoms with E-state index in [1.54, 1.807) is 13.8 Å². The summed E-state index contributed by atoms with van der Waals surface area (Å²) in [5.74, 6) is -0.851. The molecule has 84 valence electrons. The number of hydrogen-bond donors (Lipinski definition) is 0. The van der Waals surface area contributed by atoms with E-state index in [0.717, 1.165) is 0 Å². The molecule has 0 fully saturated rings. The van der Waals surface area contributed by atoms with E-state index in [1.807, 2.05) is 0 Å². The van der Waals surface area contributed by atoms with E-state index in [4.69, 9.17) is 8.85 Å². The Morgan fingerprint density at radius 2 is 1.40 bits per heavy atom. The van der Waals surface area contributed by atoms with Gasteiger partial charge in [0, 0.05) is 12.8 Å². The van der Waals surface area contributed by atoms with Crippen molar-refractivity contribution in [2.75, 3.05) is 0 Å². The lowest BCUT2D eigenvalue weighted by Gasteiger charge is -2.22. The molecule has 0 saturated heterocycles. The summed E-state index contributed by atoms with van der Waals surface area (Å²) in [5, 5.41) is 0. The summed E-state index contributed by atoms with van der Waals surface area (Å²) in [4.78, 5) is 22.3. The second-order valence-corrected chi connectivity index (χ2v) is 5.45. The maximum atomic E-state index is 11.1. The molecule has 0 spiro atoms. The smallest absolute Gasteiger partial charge is 0.479 e. The fourth-order valence-electron chi connectivity index (χ4n) is 0.771. The highest BCUT2D eigenvalue weighted by Crippen LogP contribution is 2.12. The van der Waals surface area contributed by atoms with E-state index in [1.165, 1.54) is 11.4 Å². The van der Waals surface area contributed by atoms with Crippen LogP contribution in [0.2, 0.25) is 0 Å². The molecule has 0 radical (unpaired) electrons. The Bertz CT molecular complexity index is 245. The van der Waals surface area contributed by atoms with Crippen LogP contribution in [0.15, 0.2) is 24.6 Å². The van der Waals surface area contributed by atoms with Crippen LogP contribution in [0.5, 0.6) is 0 Å². The highest BCUT2D eigenvalue weighted by Gasteiger charge is 2.38. The Balaban J connectivity index is 4.71. The lowest BCUT2D eigenvalue weighted by molar-refractivity contribution is -0.140. The minimum absolute atomic E-state index is 0.222. The van der Waals surface area contributed by atoms with Gasteiger partial charge in [-0.3, -0.25) is 9.59 Å². The molecule has 0 bridgehead atoms. The van der Waals surface area contributed by atoms with Gasteiger partial charge in [-0.05, 0) is 11.4 Å². The Morgan fingerprint density at radius 3 is 1.60 bits per heavy atom. The Hall–Kier alpha value is -1.36. The van der Waals surface area contributed by atoms with E-state index in [9.17, 15) is 9.59 Å². The Morgan fingerprint density at radius 1 is 1.07 bits per heavy atom. The Labute approximate surface area is 90.8 Å². The zero-order valence-corrected chi connectivity index (χ0v) is 10.1.